The summed E-state index contributed by atoms with van der Waals surface area (Å²) in [5.41, 5.74) is -0.457. The molecule has 0 aromatic carbocycles. The predicted molar refractivity (Wildman–Crippen MR) is 42.1 cm³/mol. The van der Waals surface area contributed by atoms with Gasteiger partial charge in [-0.15, -0.1) is 0 Å². The zero-order valence-electron chi connectivity index (χ0n) is 6.57. The molecule has 0 amide bonds. The number of alkyl halides is 2. The lowest BCUT2D eigenvalue weighted by Gasteiger charge is -1.95. The van der Waals surface area contributed by atoms with Gasteiger partial charge in [-0.3, -0.25) is 9.40 Å². The minimum Gasteiger partial charge on any atom is -0.270 e. The Labute approximate surface area is 74.4 Å². The average Bonchev–Trinajstić information content (AvgIpc) is 2.31. The standard InChI is InChI=1S/C5H7F2N3O2S/c1-10-4(9-13(11)12)2-3(8-10)5(6)7/h2,5,13H,1H3,(H,9,11,12). The number of rotatable bonds is 3. The van der Waals surface area contributed by atoms with Crippen LogP contribution in [0.2, 0.25) is 0 Å². The molecule has 0 fully saturated rings. The first-order valence-corrected chi connectivity index (χ1v) is 4.41. The Morgan fingerprint density at radius 3 is 2.62 bits per heavy atom. The summed E-state index contributed by atoms with van der Waals surface area (Å²) in [7, 11) is -1.49. The van der Waals surface area contributed by atoms with E-state index < -0.39 is 23.0 Å². The quantitative estimate of drug-likeness (QED) is 0.706. The fourth-order valence-corrected chi connectivity index (χ4v) is 1.19. The second-order valence-electron chi connectivity index (χ2n) is 2.25. The molecule has 8 heteroatoms. The van der Waals surface area contributed by atoms with Crippen molar-refractivity contribution >= 4 is 16.7 Å². The van der Waals surface area contributed by atoms with E-state index in [9.17, 15) is 17.2 Å². The summed E-state index contributed by atoms with van der Waals surface area (Å²) in [6.07, 6.45) is -2.70. The largest absolute Gasteiger partial charge is 0.282 e. The highest BCUT2D eigenvalue weighted by Gasteiger charge is 2.13. The van der Waals surface area contributed by atoms with Crippen molar-refractivity contribution < 1.29 is 17.2 Å². The lowest BCUT2D eigenvalue weighted by Crippen LogP contribution is -2.01. The number of nitrogens with zero attached hydrogens (tertiary/aromatic N) is 2. The van der Waals surface area contributed by atoms with Crippen LogP contribution >= 0.6 is 0 Å². The van der Waals surface area contributed by atoms with Gasteiger partial charge in [0.15, 0.2) is 0 Å². The molecule has 0 unspecified atom stereocenters. The maximum absolute atomic E-state index is 12.0. The van der Waals surface area contributed by atoms with E-state index in [0.717, 1.165) is 10.7 Å². The molecule has 1 aromatic rings. The Kier molecular flexibility index (Phi) is 2.81. The normalized spacial score (nSPS) is 11.2. The zero-order chi connectivity index (χ0) is 10.0. The number of aromatic nitrogens is 2. The summed E-state index contributed by atoms with van der Waals surface area (Å²) in [5, 5.41) is 3.40. The molecule has 0 aliphatic carbocycles. The van der Waals surface area contributed by atoms with Crippen LogP contribution in [0.25, 0.3) is 0 Å². The van der Waals surface area contributed by atoms with Crippen LogP contribution in [-0.4, -0.2) is 18.2 Å². The molecule has 1 N–H and O–H groups in total. The van der Waals surface area contributed by atoms with E-state index in [1.54, 1.807) is 0 Å². The second kappa shape index (κ2) is 3.69. The van der Waals surface area contributed by atoms with E-state index in [4.69, 9.17) is 0 Å². The Hall–Kier alpha value is -1.18. The van der Waals surface area contributed by atoms with Gasteiger partial charge < -0.3 is 0 Å². The highest BCUT2D eigenvalue weighted by atomic mass is 32.2. The van der Waals surface area contributed by atoms with Gasteiger partial charge in [-0.05, 0) is 0 Å². The van der Waals surface area contributed by atoms with Crippen molar-refractivity contribution in [3.05, 3.63) is 11.8 Å². The van der Waals surface area contributed by atoms with Gasteiger partial charge in [0.2, 0.25) is 10.9 Å². The van der Waals surface area contributed by atoms with Crippen molar-refractivity contribution in [2.75, 3.05) is 4.72 Å². The number of thiol groups is 1. The molecule has 1 aromatic heterocycles. The van der Waals surface area contributed by atoms with Gasteiger partial charge in [-0.1, -0.05) is 0 Å². The van der Waals surface area contributed by atoms with Crippen LogP contribution in [0.3, 0.4) is 0 Å². The van der Waals surface area contributed by atoms with E-state index in [-0.39, 0.29) is 5.82 Å². The minimum atomic E-state index is -2.85. The Morgan fingerprint density at radius 1 is 1.62 bits per heavy atom. The molecule has 1 rings (SSSR count). The number of aryl methyl sites for hydroxylation is 1. The van der Waals surface area contributed by atoms with Crippen molar-refractivity contribution in [3.63, 3.8) is 0 Å². The first kappa shape index (κ1) is 9.90. The molecule has 13 heavy (non-hydrogen) atoms. The third kappa shape index (κ3) is 2.38. The topological polar surface area (TPSA) is 64.0 Å². The van der Waals surface area contributed by atoms with Gasteiger partial charge in [0.05, 0.1) is 0 Å². The van der Waals surface area contributed by atoms with Gasteiger partial charge >= 0.3 is 0 Å². The maximum Gasteiger partial charge on any atom is 0.282 e. The molecule has 0 bridgehead atoms. The van der Waals surface area contributed by atoms with Crippen LogP contribution in [0.15, 0.2) is 6.07 Å². The Balaban J connectivity index is 2.96. The smallest absolute Gasteiger partial charge is 0.270 e. The fraction of sp³-hybridized carbons (Fsp3) is 0.400. The highest BCUT2D eigenvalue weighted by Crippen LogP contribution is 2.19. The number of anilines is 1. The third-order valence-corrected chi connectivity index (χ3v) is 1.74. The molecule has 0 saturated carbocycles. The fourth-order valence-electron chi connectivity index (χ4n) is 0.794. The first-order valence-electron chi connectivity index (χ1n) is 3.24. The summed E-state index contributed by atoms with van der Waals surface area (Å²) in [6, 6.07) is 0.982. The molecule has 0 aliphatic heterocycles. The van der Waals surface area contributed by atoms with Crippen molar-refractivity contribution in [2.45, 2.75) is 6.43 Å². The SMILES string of the molecule is Cn1nc(C(F)F)cc1N[SH](=O)=O. The molecule has 0 atom stereocenters. The van der Waals surface area contributed by atoms with Crippen LogP contribution in [0.5, 0.6) is 0 Å². The molecule has 0 saturated heterocycles. The third-order valence-electron chi connectivity index (χ3n) is 1.33. The summed E-state index contributed by atoms with van der Waals surface area (Å²) in [6.45, 7) is 0. The molecular weight excluding hydrogens is 204 g/mol. The predicted octanol–water partition coefficient (Wildman–Crippen LogP) is 0.296. The van der Waals surface area contributed by atoms with Gasteiger partial charge in [-0.2, -0.15) is 5.10 Å². The molecule has 5 nitrogen and oxygen atoms in total. The van der Waals surface area contributed by atoms with Crippen LogP contribution in [0, 0.1) is 0 Å². The van der Waals surface area contributed by atoms with Crippen molar-refractivity contribution in [1.82, 2.24) is 9.78 Å². The second-order valence-corrected chi connectivity index (χ2v) is 2.99. The average molecular weight is 211 g/mol. The lowest BCUT2D eigenvalue weighted by molar-refractivity contribution is 0.145. The van der Waals surface area contributed by atoms with Crippen LogP contribution in [0.4, 0.5) is 14.6 Å². The van der Waals surface area contributed by atoms with Crippen LogP contribution in [0.1, 0.15) is 12.1 Å². The molecule has 0 radical (unpaired) electrons. The van der Waals surface area contributed by atoms with Crippen LogP contribution in [-0.2, 0) is 17.9 Å². The maximum atomic E-state index is 12.0. The van der Waals surface area contributed by atoms with E-state index in [1.807, 2.05) is 4.72 Å². The lowest BCUT2D eigenvalue weighted by atomic mass is 10.4. The van der Waals surface area contributed by atoms with Crippen LogP contribution < -0.4 is 4.72 Å². The summed E-state index contributed by atoms with van der Waals surface area (Å²) >= 11 is 0. The monoisotopic (exact) mass is 211 g/mol. The molecule has 1 heterocycles. The van der Waals surface area contributed by atoms with Gasteiger partial charge in [0, 0.05) is 13.1 Å². The summed E-state index contributed by atoms with van der Waals surface area (Å²) in [5.74, 6) is 0.0198. The molecule has 74 valence electrons. The summed E-state index contributed by atoms with van der Waals surface area (Å²) in [4.78, 5) is 0. The van der Waals surface area contributed by atoms with E-state index >= 15 is 0 Å². The summed E-state index contributed by atoms with van der Waals surface area (Å²) < 4.78 is 47.5. The van der Waals surface area contributed by atoms with Crippen molar-refractivity contribution in [3.8, 4) is 0 Å². The van der Waals surface area contributed by atoms with E-state index in [2.05, 4.69) is 5.10 Å². The molecule has 0 aliphatic rings. The van der Waals surface area contributed by atoms with Crippen molar-refractivity contribution in [2.24, 2.45) is 7.05 Å². The van der Waals surface area contributed by atoms with Crippen molar-refractivity contribution in [1.29, 1.82) is 0 Å². The minimum absolute atomic E-state index is 0.0198. The number of halogens is 2. The van der Waals surface area contributed by atoms with E-state index in [1.165, 1.54) is 7.05 Å². The Bertz CT molecular complexity index is 366. The first-order chi connectivity index (χ1) is 6.00. The number of hydrogen-bond donors (Lipinski definition) is 2. The van der Waals surface area contributed by atoms with Gasteiger partial charge in [0.1, 0.15) is 11.5 Å². The zero-order valence-corrected chi connectivity index (χ0v) is 7.46. The number of nitrogens with one attached hydrogen (secondary N) is 1. The van der Waals surface area contributed by atoms with Gasteiger partial charge in [-0.25, -0.2) is 17.2 Å². The highest BCUT2D eigenvalue weighted by molar-refractivity contribution is 7.73. The van der Waals surface area contributed by atoms with E-state index in [0.29, 0.717) is 0 Å². The Morgan fingerprint density at radius 2 is 2.23 bits per heavy atom. The van der Waals surface area contributed by atoms with Gasteiger partial charge in [0.25, 0.3) is 6.43 Å². The molecule has 0 spiro atoms. The molecular formula is C5H7F2N3O2S. The number of hydrogen-bond acceptors (Lipinski definition) is 3.